The predicted octanol–water partition coefficient (Wildman–Crippen LogP) is 3.00. The lowest BCUT2D eigenvalue weighted by Gasteiger charge is -2.56. The predicted molar refractivity (Wildman–Crippen MR) is 43.8 cm³/mol. The quantitative estimate of drug-likeness (QED) is 0.452. The summed E-state index contributed by atoms with van der Waals surface area (Å²) in [4.78, 5) is 0. The lowest BCUT2D eigenvalue weighted by atomic mass is 9.49. The summed E-state index contributed by atoms with van der Waals surface area (Å²) >= 11 is 0. The minimum absolute atomic E-state index is 0.235. The van der Waals surface area contributed by atoms with E-state index in [9.17, 15) is 0 Å². The first kappa shape index (κ1) is 3.94. The maximum Gasteiger partial charge on any atom is 0.0276 e. The fraction of sp³-hybridized carbons (Fsp3) is 0.800. The molecular formula is C10H16. The molecule has 2 bridgehead atoms. The summed E-state index contributed by atoms with van der Waals surface area (Å²) in [7, 11) is 0. The Balaban J connectivity index is 2.29. The van der Waals surface area contributed by atoms with Crippen LogP contribution in [0.3, 0.4) is 0 Å². The molecule has 0 aliphatic heterocycles. The molecule has 1 saturated carbocycles. The highest BCUT2D eigenvalue weighted by Crippen LogP contribution is 2.58. The van der Waals surface area contributed by atoms with Gasteiger partial charge < -0.3 is 0 Å². The van der Waals surface area contributed by atoms with Gasteiger partial charge in [0.15, 0.2) is 0 Å². The van der Waals surface area contributed by atoms with Crippen LogP contribution in [0, 0.1) is 17.3 Å². The molecule has 0 aromatic carbocycles. The van der Waals surface area contributed by atoms with Crippen molar-refractivity contribution in [3.05, 3.63) is 11.6 Å². The molecule has 0 heteroatoms. The van der Waals surface area contributed by atoms with Crippen LogP contribution in [0.4, 0.5) is 0 Å². The van der Waals surface area contributed by atoms with Crippen molar-refractivity contribution in [2.24, 2.45) is 17.3 Å². The fourth-order valence-corrected chi connectivity index (χ4v) is 2.36. The molecule has 56 valence electrons. The van der Waals surface area contributed by atoms with E-state index in [0.29, 0.717) is 5.92 Å². The van der Waals surface area contributed by atoms with E-state index in [-0.39, 0.29) is 5.41 Å². The van der Waals surface area contributed by atoms with Gasteiger partial charge in [0.05, 0.1) is 0 Å². The van der Waals surface area contributed by atoms with Crippen LogP contribution in [0.15, 0.2) is 11.6 Å². The SMILES string of the molecule is [2H]C([2H])([2H])C1=CC[C@H]2C[C@@H]1C2(C)C. The topological polar surface area (TPSA) is 0 Å². The van der Waals surface area contributed by atoms with E-state index >= 15 is 0 Å². The first-order valence-electron chi connectivity index (χ1n) is 5.54. The Hall–Kier alpha value is -0.260. The van der Waals surface area contributed by atoms with E-state index < -0.39 is 6.85 Å². The Kier molecular flexibility index (Phi) is 0.656. The van der Waals surface area contributed by atoms with Gasteiger partial charge in [-0.3, -0.25) is 0 Å². The van der Waals surface area contributed by atoms with E-state index in [1.807, 2.05) is 6.08 Å². The van der Waals surface area contributed by atoms with E-state index in [1.165, 1.54) is 0 Å². The van der Waals surface area contributed by atoms with Crippen molar-refractivity contribution >= 4 is 0 Å². The Bertz CT molecular complexity index is 260. The van der Waals surface area contributed by atoms with E-state index in [4.69, 9.17) is 4.11 Å². The van der Waals surface area contributed by atoms with Gasteiger partial charge in [-0.05, 0) is 36.9 Å². The summed E-state index contributed by atoms with van der Waals surface area (Å²) in [6, 6.07) is 0. The van der Waals surface area contributed by atoms with Gasteiger partial charge in [0, 0.05) is 4.11 Å². The molecule has 0 heterocycles. The molecular weight excluding hydrogens is 120 g/mol. The number of hydrogen-bond acceptors (Lipinski definition) is 0. The second-order valence-corrected chi connectivity index (χ2v) is 4.20. The molecule has 0 nitrogen and oxygen atoms in total. The average Bonchev–Trinajstić information content (AvgIpc) is 2.02. The first-order chi connectivity index (χ1) is 5.83. The third-order valence-corrected chi connectivity index (χ3v) is 3.47. The molecule has 10 heavy (non-hydrogen) atoms. The van der Waals surface area contributed by atoms with Crippen molar-refractivity contribution in [1.82, 2.24) is 0 Å². The van der Waals surface area contributed by atoms with Crippen molar-refractivity contribution in [3.63, 3.8) is 0 Å². The molecule has 0 unspecified atom stereocenters. The van der Waals surface area contributed by atoms with Gasteiger partial charge in [0.2, 0.25) is 0 Å². The number of allylic oxidation sites excluding steroid dienone is 2. The molecule has 1 fully saturated rings. The van der Waals surface area contributed by atoms with Crippen molar-refractivity contribution in [2.45, 2.75) is 33.5 Å². The van der Waals surface area contributed by atoms with Crippen molar-refractivity contribution < 1.29 is 4.11 Å². The zero-order valence-electron chi connectivity index (χ0n) is 9.65. The van der Waals surface area contributed by atoms with Crippen molar-refractivity contribution in [2.75, 3.05) is 0 Å². The zero-order chi connectivity index (χ0) is 9.85. The minimum Gasteiger partial charge on any atom is -0.0850 e. The van der Waals surface area contributed by atoms with Gasteiger partial charge in [0.25, 0.3) is 0 Å². The van der Waals surface area contributed by atoms with Crippen LogP contribution in [0.25, 0.3) is 0 Å². The van der Waals surface area contributed by atoms with Gasteiger partial charge in [-0.15, -0.1) is 0 Å². The molecule has 0 aromatic heterocycles. The second-order valence-electron chi connectivity index (χ2n) is 4.20. The maximum absolute atomic E-state index is 7.42. The van der Waals surface area contributed by atoms with Crippen LogP contribution in [-0.4, -0.2) is 0 Å². The summed E-state index contributed by atoms with van der Waals surface area (Å²) in [5.74, 6) is 1.04. The van der Waals surface area contributed by atoms with Crippen LogP contribution < -0.4 is 0 Å². The van der Waals surface area contributed by atoms with Gasteiger partial charge in [-0.1, -0.05) is 25.5 Å². The highest BCUT2D eigenvalue weighted by Gasteiger charge is 2.49. The van der Waals surface area contributed by atoms with Crippen LogP contribution in [0.2, 0.25) is 0 Å². The third-order valence-electron chi connectivity index (χ3n) is 3.47. The second kappa shape index (κ2) is 1.66. The van der Waals surface area contributed by atoms with E-state index in [0.717, 1.165) is 24.3 Å². The van der Waals surface area contributed by atoms with Crippen LogP contribution in [-0.2, 0) is 0 Å². The summed E-state index contributed by atoms with van der Waals surface area (Å²) in [5.41, 5.74) is 0.957. The maximum atomic E-state index is 7.42. The van der Waals surface area contributed by atoms with E-state index in [1.54, 1.807) is 0 Å². The largest absolute Gasteiger partial charge is 0.0850 e. The summed E-state index contributed by atoms with van der Waals surface area (Å²) in [6.45, 7) is 2.54. The molecule has 3 aliphatic rings. The van der Waals surface area contributed by atoms with Crippen LogP contribution in [0.1, 0.15) is 37.7 Å². The van der Waals surface area contributed by atoms with Crippen molar-refractivity contribution in [1.29, 1.82) is 0 Å². The Morgan fingerprint density at radius 1 is 1.70 bits per heavy atom. The monoisotopic (exact) mass is 139 g/mol. The molecule has 2 atom stereocenters. The summed E-state index contributed by atoms with van der Waals surface area (Å²) < 4.78 is 22.3. The van der Waals surface area contributed by atoms with Crippen molar-refractivity contribution in [3.8, 4) is 0 Å². The molecule has 3 aliphatic carbocycles. The highest BCUT2D eigenvalue weighted by atomic mass is 14.5. The molecule has 0 saturated heterocycles. The highest BCUT2D eigenvalue weighted by molar-refractivity contribution is 5.21. The Labute approximate surface area is 67.5 Å². The molecule has 0 radical (unpaired) electrons. The summed E-state index contributed by atoms with van der Waals surface area (Å²) in [5, 5.41) is 0. The Morgan fingerprint density at radius 2 is 2.50 bits per heavy atom. The normalized spacial score (nSPS) is 47.8. The number of fused-ring (bicyclic) bond motifs is 1. The zero-order valence-corrected chi connectivity index (χ0v) is 6.65. The summed E-state index contributed by atoms with van der Waals surface area (Å²) in [6.07, 6.45) is 4.02. The van der Waals surface area contributed by atoms with Crippen LogP contribution >= 0.6 is 0 Å². The van der Waals surface area contributed by atoms with Gasteiger partial charge in [-0.25, -0.2) is 0 Å². The lowest BCUT2D eigenvalue weighted by Crippen LogP contribution is -2.47. The van der Waals surface area contributed by atoms with Gasteiger partial charge in [-0.2, -0.15) is 0 Å². The molecule has 0 aromatic rings. The molecule has 0 spiro atoms. The van der Waals surface area contributed by atoms with E-state index in [2.05, 4.69) is 13.8 Å². The Morgan fingerprint density at radius 3 is 2.90 bits per heavy atom. The number of hydrogen-bond donors (Lipinski definition) is 0. The molecule has 0 amide bonds. The smallest absolute Gasteiger partial charge is 0.0276 e. The molecule has 3 rings (SSSR count). The van der Waals surface area contributed by atoms with Gasteiger partial charge in [0.1, 0.15) is 0 Å². The standard InChI is InChI=1S/C10H16/c1-7-4-5-8-6-9(7)10(8,2)3/h4,8-9H,5-6H2,1-3H3/t8-,9-/m0/s1/i1D3. The first-order valence-corrected chi connectivity index (χ1v) is 4.04. The average molecular weight is 139 g/mol. The van der Waals surface area contributed by atoms with Gasteiger partial charge >= 0.3 is 0 Å². The molecule has 0 N–H and O–H groups in total. The third kappa shape index (κ3) is 0.574. The number of rotatable bonds is 0. The fourth-order valence-electron chi connectivity index (χ4n) is 2.36. The minimum atomic E-state index is -1.85. The lowest BCUT2D eigenvalue weighted by molar-refractivity contribution is -0.00579. The van der Waals surface area contributed by atoms with Crippen LogP contribution in [0.5, 0.6) is 0 Å².